The molecule has 0 unspecified atom stereocenters. The number of fused-ring (bicyclic) bond motifs is 1. The minimum Gasteiger partial charge on any atom is -0.504 e. The average Bonchev–Trinajstić information content (AvgIpc) is 2.93. The van der Waals surface area contributed by atoms with Gasteiger partial charge in [-0.2, -0.15) is 4.98 Å². The summed E-state index contributed by atoms with van der Waals surface area (Å²) < 4.78 is 19.6. The molecule has 196 valence electrons. The topological polar surface area (TPSA) is 68.2 Å². The second-order valence-electron chi connectivity index (χ2n) is 9.68. The van der Waals surface area contributed by atoms with Gasteiger partial charge in [-0.05, 0) is 36.8 Å². The molecule has 9 heteroatoms. The van der Waals surface area contributed by atoms with Crippen LogP contribution in [0, 0.1) is 5.82 Å². The Bertz CT molecular complexity index is 1250. The molecule has 0 radical (unpaired) electrons. The number of benzene rings is 2. The van der Waals surface area contributed by atoms with Crippen molar-refractivity contribution in [2.24, 2.45) is 0 Å². The number of hydrogen-bond acceptors (Lipinski definition) is 8. The molecule has 2 aliphatic heterocycles. The summed E-state index contributed by atoms with van der Waals surface area (Å²) >= 11 is 0. The maximum absolute atomic E-state index is 14.3. The van der Waals surface area contributed by atoms with Gasteiger partial charge in [-0.3, -0.25) is 4.90 Å². The van der Waals surface area contributed by atoms with E-state index < -0.39 is 0 Å². The number of phenolic OH excluding ortho intramolecular Hbond substituents is 1. The zero-order valence-corrected chi connectivity index (χ0v) is 21.8. The monoisotopic (exact) mass is 506 g/mol. The number of anilines is 3. The average molecular weight is 507 g/mol. The fourth-order valence-corrected chi connectivity index (χ4v) is 5.12. The molecule has 0 atom stereocenters. The van der Waals surface area contributed by atoms with Gasteiger partial charge in [-0.15, -0.1) is 0 Å². The van der Waals surface area contributed by atoms with Gasteiger partial charge in [-0.25, -0.2) is 9.37 Å². The summed E-state index contributed by atoms with van der Waals surface area (Å²) in [5.41, 5.74) is 4.03. The second kappa shape index (κ2) is 10.8. The Morgan fingerprint density at radius 1 is 1.03 bits per heavy atom. The van der Waals surface area contributed by atoms with Gasteiger partial charge in [0.2, 0.25) is 5.95 Å². The second-order valence-corrected chi connectivity index (χ2v) is 9.68. The largest absolute Gasteiger partial charge is 0.504 e. The molecule has 3 aromatic rings. The summed E-state index contributed by atoms with van der Waals surface area (Å²) in [7, 11) is 3.64. The molecule has 0 amide bonds. The smallest absolute Gasteiger partial charge is 0.227 e. The Balaban J connectivity index is 1.34. The van der Waals surface area contributed by atoms with E-state index in [-0.39, 0.29) is 11.6 Å². The quantitative estimate of drug-likeness (QED) is 0.521. The lowest BCUT2D eigenvalue weighted by Crippen LogP contribution is -2.47. The highest BCUT2D eigenvalue weighted by atomic mass is 19.1. The van der Waals surface area contributed by atoms with E-state index in [9.17, 15) is 9.50 Å². The molecule has 8 nitrogen and oxygen atoms in total. The van der Waals surface area contributed by atoms with Crippen molar-refractivity contribution in [2.75, 3.05) is 68.1 Å². The number of phenols is 1. The van der Waals surface area contributed by atoms with Crippen molar-refractivity contribution in [2.45, 2.75) is 26.4 Å². The number of ether oxygens (including phenoxy) is 1. The van der Waals surface area contributed by atoms with Crippen molar-refractivity contribution in [1.29, 1.82) is 0 Å². The first-order valence-corrected chi connectivity index (χ1v) is 12.9. The van der Waals surface area contributed by atoms with Crippen LogP contribution in [0.25, 0.3) is 0 Å². The van der Waals surface area contributed by atoms with E-state index >= 15 is 0 Å². The number of methoxy groups -OCH3 is 1. The lowest BCUT2D eigenvalue weighted by Gasteiger charge is -2.37. The molecule has 5 rings (SSSR count). The summed E-state index contributed by atoms with van der Waals surface area (Å²) in [6.45, 7) is 8.33. The van der Waals surface area contributed by atoms with E-state index in [4.69, 9.17) is 14.7 Å². The number of rotatable bonds is 7. The van der Waals surface area contributed by atoms with Gasteiger partial charge in [0.1, 0.15) is 11.6 Å². The number of halogens is 1. The van der Waals surface area contributed by atoms with Gasteiger partial charge in [0.15, 0.2) is 11.5 Å². The highest BCUT2D eigenvalue weighted by molar-refractivity contribution is 5.55. The molecular weight excluding hydrogens is 471 g/mol. The van der Waals surface area contributed by atoms with Crippen LogP contribution in [0.4, 0.5) is 21.8 Å². The summed E-state index contributed by atoms with van der Waals surface area (Å²) in [5.74, 6) is 2.20. The van der Waals surface area contributed by atoms with Crippen LogP contribution in [0.3, 0.4) is 0 Å². The predicted octanol–water partition coefficient (Wildman–Crippen LogP) is 3.67. The van der Waals surface area contributed by atoms with E-state index in [1.54, 1.807) is 19.2 Å². The Kier molecular flexibility index (Phi) is 7.32. The number of aromatic nitrogens is 2. The molecule has 3 heterocycles. The molecule has 1 saturated heterocycles. The van der Waals surface area contributed by atoms with Gasteiger partial charge in [0, 0.05) is 71.4 Å². The van der Waals surface area contributed by atoms with Crippen molar-refractivity contribution in [3.05, 3.63) is 65.1 Å². The number of para-hydroxylation sites is 1. The molecule has 0 aliphatic carbocycles. The van der Waals surface area contributed by atoms with Crippen LogP contribution >= 0.6 is 0 Å². The van der Waals surface area contributed by atoms with Crippen molar-refractivity contribution in [3.63, 3.8) is 0 Å². The molecule has 2 aliphatic rings. The van der Waals surface area contributed by atoms with Gasteiger partial charge in [-0.1, -0.05) is 18.2 Å². The van der Waals surface area contributed by atoms with Gasteiger partial charge in [0.05, 0.1) is 18.5 Å². The third-order valence-electron chi connectivity index (χ3n) is 7.35. The third kappa shape index (κ3) is 5.27. The Morgan fingerprint density at radius 2 is 1.78 bits per heavy atom. The molecular formula is C28H35FN6O2. The summed E-state index contributed by atoms with van der Waals surface area (Å²) in [6.07, 6.45) is 0.847. The molecule has 1 aromatic heterocycles. The fraction of sp³-hybridized carbons (Fsp3) is 0.429. The predicted molar refractivity (Wildman–Crippen MR) is 144 cm³/mol. The first-order chi connectivity index (χ1) is 18.0. The Morgan fingerprint density at radius 3 is 2.51 bits per heavy atom. The van der Waals surface area contributed by atoms with Crippen molar-refractivity contribution in [3.8, 4) is 11.5 Å². The minimum absolute atomic E-state index is 0.151. The van der Waals surface area contributed by atoms with Crippen LogP contribution in [-0.2, 0) is 19.5 Å². The highest BCUT2D eigenvalue weighted by Crippen LogP contribution is 2.31. The molecule has 2 aromatic carbocycles. The Hall–Kier alpha value is -3.59. The van der Waals surface area contributed by atoms with E-state index in [1.165, 1.54) is 11.6 Å². The molecule has 0 bridgehead atoms. The molecule has 0 saturated carbocycles. The third-order valence-corrected chi connectivity index (χ3v) is 7.35. The van der Waals surface area contributed by atoms with E-state index in [0.717, 1.165) is 81.8 Å². The highest BCUT2D eigenvalue weighted by Gasteiger charge is 2.27. The van der Waals surface area contributed by atoms with Crippen molar-refractivity contribution < 1.29 is 14.2 Å². The van der Waals surface area contributed by atoms with E-state index in [2.05, 4.69) is 33.6 Å². The first kappa shape index (κ1) is 25.1. The van der Waals surface area contributed by atoms with Gasteiger partial charge < -0.3 is 24.5 Å². The van der Waals surface area contributed by atoms with E-state index in [0.29, 0.717) is 11.4 Å². The van der Waals surface area contributed by atoms with Crippen LogP contribution in [0.2, 0.25) is 0 Å². The molecule has 0 spiro atoms. The van der Waals surface area contributed by atoms with Crippen LogP contribution in [0.5, 0.6) is 11.5 Å². The van der Waals surface area contributed by atoms with Gasteiger partial charge >= 0.3 is 0 Å². The lowest BCUT2D eigenvalue weighted by atomic mass is 10.0. The zero-order chi connectivity index (χ0) is 25.9. The number of aromatic hydroxyl groups is 1. The SMILES string of the molecule is CCN(C)c1nc(N2CCN(c3ccccc3F)CC2)nc2c1CN(Cc1ccc(O)c(OC)c1)CC2. The first-order valence-electron chi connectivity index (χ1n) is 12.9. The lowest BCUT2D eigenvalue weighted by molar-refractivity contribution is 0.242. The van der Waals surface area contributed by atoms with Crippen LogP contribution in [0.15, 0.2) is 42.5 Å². The molecule has 37 heavy (non-hydrogen) atoms. The van der Waals surface area contributed by atoms with Crippen LogP contribution in [-0.4, -0.2) is 73.4 Å². The number of nitrogens with zero attached hydrogens (tertiary/aromatic N) is 6. The van der Waals surface area contributed by atoms with Crippen LogP contribution in [0.1, 0.15) is 23.7 Å². The normalized spacial score (nSPS) is 16.0. The molecule has 1 N–H and O–H groups in total. The Labute approximate surface area is 217 Å². The fourth-order valence-electron chi connectivity index (χ4n) is 5.12. The zero-order valence-electron chi connectivity index (χ0n) is 21.8. The maximum Gasteiger partial charge on any atom is 0.227 e. The van der Waals surface area contributed by atoms with Crippen molar-refractivity contribution in [1.82, 2.24) is 14.9 Å². The molecule has 1 fully saturated rings. The van der Waals surface area contributed by atoms with Gasteiger partial charge in [0.25, 0.3) is 0 Å². The maximum atomic E-state index is 14.3. The summed E-state index contributed by atoms with van der Waals surface area (Å²) in [4.78, 5) is 19.0. The van der Waals surface area contributed by atoms with Crippen molar-refractivity contribution >= 4 is 17.5 Å². The number of piperazine rings is 1. The minimum atomic E-state index is -0.178. The number of hydrogen-bond donors (Lipinski definition) is 1. The van der Waals surface area contributed by atoms with Crippen LogP contribution < -0.4 is 19.4 Å². The summed E-state index contributed by atoms with van der Waals surface area (Å²) in [5, 5.41) is 9.93. The summed E-state index contributed by atoms with van der Waals surface area (Å²) in [6, 6.07) is 12.5. The van der Waals surface area contributed by atoms with E-state index in [1.807, 2.05) is 24.3 Å². The standard InChI is InChI=1S/C28H35FN6O2/c1-4-32(2)27-21-19-33(18-20-9-10-25(36)26(17-20)37-3)12-11-23(21)30-28(31-27)35-15-13-34(14-16-35)24-8-6-5-7-22(24)29/h5-10,17,36H,4,11-16,18-19H2,1-3H3.